The molecular weight excluding hydrogens is 146 g/mol. The fourth-order valence-corrected chi connectivity index (χ4v) is 1.97. The van der Waals surface area contributed by atoms with E-state index in [1.807, 2.05) is 0 Å². The Morgan fingerprint density at radius 2 is 1.60 bits per heavy atom. The van der Waals surface area contributed by atoms with E-state index < -0.39 is 0 Å². The quantitative estimate of drug-likeness (QED) is 0.376. The summed E-state index contributed by atoms with van der Waals surface area (Å²) in [5.41, 5.74) is 1.75. The van der Waals surface area contributed by atoms with Crippen LogP contribution in [0.4, 0.5) is 0 Å². The van der Waals surface area contributed by atoms with Gasteiger partial charge in [-0.25, -0.2) is 4.58 Å². The molecule has 0 unspecified atom stereocenters. The first-order valence-corrected chi connectivity index (χ1v) is 4.06. The van der Waals surface area contributed by atoms with E-state index in [9.17, 15) is 0 Å². The second-order valence-corrected chi connectivity index (χ2v) is 3.11. The predicted octanol–water partition coefficient (Wildman–Crippen LogP) is -1.58. The van der Waals surface area contributed by atoms with Gasteiger partial charge in [-0.05, 0) is 6.42 Å². The van der Waals surface area contributed by atoms with Crippen molar-refractivity contribution < 1.29 is 17.0 Å². The third-order valence-corrected chi connectivity index (χ3v) is 2.48. The Balaban J connectivity index is 0.000000500. The highest BCUT2D eigenvalue weighted by Crippen LogP contribution is 2.15. The van der Waals surface area contributed by atoms with E-state index in [1.165, 1.54) is 45.2 Å². The molecule has 0 spiro atoms. The van der Waals surface area contributed by atoms with Gasteiger partial charge < -0.3 is 12.4 Å². The summed E-state index contributed by atoms with van der Waals surface area (Å²) in [5.74, 6) is 0. The number of halogens is 1. The minimum atomic E-state index is 0. The molecule has 0 aliphatic carbocycles. The SMILES string of the molecule is C1CC[N+]2=C(C1)CCC2.[Cl-]. The molecule has 0 aromatic rings. The van der Waals surface area contributed by atoms with Crippen LogP contribution in [0.25, 0.3) is 0 Å². The zero-order valence-electron chi connectivity index (χ0n) is 6.27. The van der Waals surface area contributed by atoms with E-state index in [4.69, 9.17) is 0 Å². The van der Waals surface area contributed by atoms with Crippen molar-refractivity contribution in [3.8, 4) is 0 Å². The maximum Gasteiger partial charge on any atom is 0.152 e. The summed E-state index contributed by atoms with van der Waals surface area (Å²) in [6.45, 7) is 2.71. The summed E-state index contributed by atoms with van der Waals surface area (Å²) in [4.78, 5) is 0. The van der Waals surface area contributed by atoms with E-state index in [-0.39, 0.29) is 12.4 Å². The molecule has 0 bridgehead atoms. The molecule has 0 saturated heterocycles. The molecule has 2 heteroatoms. The average molecular weight is 160 g/mol. The van der Waals surface area contributed by atoms with E-state index in [0.717, 1.165) is 0 Å². The standard InChI is InChI=1S/C8H14N.ClH/c1-2-6-9-7-3-5-8(9)4-1;/h1-7H2;1H/q+1;/p-1. The Hall–Kier alpha value is -0.0400. The molecule has 1 nitrogen and oxygen atoms in total. The Morgan fingerprint density at radius 3 is 2.40 bits per heavy atom. The number of nitrogens with zero attached hydrogens (tertiary/aromatic N) is 1. The Labute approximate surface area is 68.5 Å². The molecule has 0 fully saturated rings. The summed E-state index contributed by atoms with van der Waals surface area (Å²) >= 11 is 0. The van der Waals surface area contributed by atoms with Crippen molar-refractivity contribution in [2.45, 2.75) is 32.1 Å². The lowest BCUT2D eigenvalue weighted by Crippen LogP contribution is -3.00. The summed E-state index contributed by atoms with van der Waals surface area (Å²) in [6.07, 6.45) is 7.12. The highest BCUT2D eigenvalue weighted by molar-refractivity contribution is 5.80. The van der Waals surface area contributed by atoms with Crippen molar-refractivity contribution in [2.75, 3.05) is 13.1 Å². The maximum atomic E-state index is 2.59. The summed E-state index contributed by atoms with van der Waals surface area (Å²) in [5, 5.41) is 0. The summed E-state index contributed by atoms with van der Waals surface area (Å²) in [6, 6.07) is 0. The minimum Gasteiger partial charge on any atom is -1.00 e. The van der Waals surface area contributed by atoms with Gasteiger partial charge >= 0.3 is 0 Å². The Kier molecular flexibility index (Phi) is 2.72. The molecule has 0 amide bonds. The van der Waals surface area contributed by atoms with Gasteiger partial charge in [0.25, 0.3) is 0 Å². The molecule has 2 aliphatic heterocycles. The Bertz CT molecular complexity index is 135. The van der Waals surface area contributed by atoms with Gasteiger partial charge in [-0.15, -0.1) is 0 Å². The number of rotatable bonds is 0. The molecule has 2 rings (SSSR count). The van der Waals surface area contributed by atoms with Gasteiger partial charge in [0.2, 0.25) is 0 Å². The van der Waals surface area contributed by atoms with Crippen molar-refractivity contribution in [2.24, 2.45) is 0 Å². The summed E-state index contributed by atoms with van der Waals surface area (Å²) < 4.78 is 2.59. The lowest BCUT2D eigenvalue weighted by Gasteiger charge is -2.06. The highest BCUT2D eigenvalue weighted by Gasteiger charge is 2.24. The van der Waals surface area contributed by atoms with Crippen molar-refractivity contribution in [1.82, 2.24) is 0 Å². The second-order valence-electron chi connectivity index (χ2n) is 3.11. The normalized spacial score (nSPS) is 24.0. The van der Waals surface area contributed by atoms with Gasteiger partial charge in [-0.1, -0.05) is 0 Å². The first-order valence-electron chi connectivity index (χ1n) is 4.06. The van der Waals surface area contributed by atoms with Crippen molar-refractivity contribution in [1.29, 1.82) is 0 Å². The molecule has 0 radical (unpaired) electrons. The fraction of sp³-hybridized carbons (Fsp3) is 0.875. The lowest BCUT2D eigenvalue weighted by atomic mass is 10.1. The second kappa shape index (κ2) is 3.38. The van der Waals surface area contributed by atoms with Gasteiger partial charge in [0.15, 0.2) is 5.71 Å². The first-order chi connectivity index (χ1) is 4.47. The molecule has 2 aliphatic rings. The molecule has 0 aromatic carbocycles. The van der Waals surface area contributed by atoms with E-state index in [2.05, 4.69) is 4.58 Å². The van der Waals surface area contributed by atoms with Gasteiger partial charge in [-0.3, -0.25) is 0 Å². The highest BCUT2D eigenvalue weighted by atomic mass is 35.5. The third kappa shape index (κ3) is 1.34. The van der Waals surface area contributed by atoms with Crippen LogP contribution in [0.2, 0.25) is 0 Å². The maximum absolute atomic E-state index is 2.59. The topological polar surface area (TPSA) is 3.01 Å². The largest absolute Gasteiger partial charge is 1.00 e. The van der Waals surface area contributed by atoms with Crippen LogP contribution in [0.15, 0.2) is 0 Å². The smallest absolute Gasteiger partial charge is 0.152 e. The van der Waals surface area contributed by atoms with Crippen LogP contribution >= 0.6 is 0 Å². The van der Waals surface area contributed by atoms with Crippen molar-refractivity contribution in [3.63, 3.8) is 0 Å². The summed E-state index contributed by atoms with van der Waals surface area (Å²) in [7, 11) is 0. The molecule has 0 N–H and O–H groups in total. The van der Waals surface area contributed by atoms with Crippen LogP contribution in [0.5, 0.6) is 0 Å². The molecule has 0 atom stereocenters. The van der Waals surface area contributed by atoms with Crippen LogP contribution in [0.1, 0.15) is 32.1 Å². The predicted molar refractivity (Wildman–Crippen MR) is 38.1 cm³/mol. The van der Waals surface area contributed by atoms with Gasteiger partial charge in [0.05, 0.1) is 0 Å². The molecule has 2 heterocycles. The number of hydrogen-bond acceptors (Lipinski definition) is 0. The zero-order valence-corrected chi connectivity index (χ0v) is 7.03. The molecule has 58 valence electrons. The van der Waals surface area contributed by atoms with E-state index in [0.29, 0.717) is 0 Å². The minimum absolute atomic E-state index is 0. The lowest BCUT2D eigenvalue weighted by molar-refractivity contribution is -0.525. The zero-order chi connectivity index (χ0) is 6.10. The van der Waals surface area contributed by atoms with Crippen LogP contribution in [-0.2, 0) is 0 Å². The molecular formula is C8H14ClN. The van der Waals surface area contributed by atoms with Crippen LogP contribution < -0.4 is 12.4 Å². The number of hydrogen-bond donors (Lipinski definition) is 0. The average Bonchev–Trinajstić information content (AvgIpc) is 2.33. The van der Waals surface area contributed by atoms with Gasteiger partial charge in [0.1, 0.15) is 13.1 Å². The van der Waals surface area contributed by atoms with Crippen molar-refractivity contribution in [3.05, 3.63) is 0 Å². The van der Waals surface area contributed by atoms with Crippen LogP contribution in [0, 0.1) is 0 Å². The van der Waals surface area contributed by atoms with E-state index >= 15 is 0 Å². The molecule has 10 heavy (non-hydrogen) atoms. The fourth-order valence-electron chi connectivity index (χ4n) is 1.97. The van der Waals surface area contributed by atoms with Crippen LogP contribution in [-0.4, -0.2) is 23.4 Å². The first kappa shape index (κ1) is 8.06. The van der Waals surface area contributed by atoms with Crippen LogP contribution in [0.3, 0.4) is 0 Å². The molecule has 0 saturated carbocycles. The van der Waals surface area contributed by atoms with Gasteiger partial charge in [0, 0.05) is 25.7 Å². The molecule has 0 aromatic heterocycles. The Morgan fingerprint density at radius 1 is 0.900 bits per heavy atom. The monoisotopic (exact) mass is 159 g/mol. The van der Waals surface area contributed by atoms with Gasteiger partial charge in [-0.2, -0.15) is 0 Å². The van der Waals surface area contributed by atoms with Crippen molar-refractivity contribution >= 4 is 5.71 Å². The third-order valence-electron chi connectivity index (χ3n) is 2.48. The van der Waals surface area contributed by atoms with E-state index in [1.54, 1.807) is 5.71 Å².